The maximum absolute atomic E-state index is 12.5. The molecule has 0 saturated heterocycles. The SMILES string of the molecule is O=C(NCc1ccccn1)c1ccc(CN(Cc2ccccc2)Cc2ccccc2)cc1. The average molecular weight is 422 g/mol. The molecule has 0 spiro atoms. The van der Waals surface area contributed by atoms with Crippen molar-refractivity contribution >= 4 is 5.91 Å². The van der Waals surface area contributed by atoms with Crippen molar-refractivity contribution < 1.29 is 4.79 Å². The van der Waals surface area contributed by atoms with Gasteiger partial charge in [0.15, 0.2) is 0 Å². The number of nitrogens with zero attached hydrogens (tertiary/aromatic N) is 2. The lowest BCUT2D eigenvalue weighted by atomic mass is 10.1. The average Bonchev–Trinajstić information content (AvgIpc) is 2.85. The third-order valence-corrected chi connectivity index (χ3v) is 5.28. The monoisotopic (exact) mass is 421 g/mol. The number of hydrogen-bond donors (Lipinski definition) is 1. The number of aromatic nitrogens is 1. The van der Waals surface area contributed by atoms with Crippen LogP contribution in [0.15, 0.2) is 109 Å². The van der Waals surface area contributed by atoms with Crippen LogP contribution in [-0.2, 0) is 26.2 Å². The Bertz CT molecular complexity index is 1060. The second-order valence-corrected chi connectivity index (χ2v) is 7.82. The minimum atomic E-state index is -0.0902. The zero-order valence-corrected chi connectivity index (χ0v) is 18.0. The van der Waals surface area contributed by atoms with Crippen molar-refractivity contribution in [3.63, 3.8) is 0 Å². The van der Waals surface area contributed by atoms with Crippen molar-refractivity contribution in [1.82, 2.24) is 15.2 Å². The number of amides is 1. The molecule has 4 aromatic rings. The molecule has 0 aliphatic rings. The molecule has 4 nitrogen and oxygen atoms in total. The molecule has 0 radical (unpaired) electrons. The van der Waals surface area contributed by atoms with Gasteiger partial charge in [-0.2, -0.15) is 0 Å². The summed E-state index contributed by atoms with van der Waals surface area (Å²) in [4.78, 5) is 19.1. The van der Waals surface area contributed by atoms with Crippen LogP contribution in [0.5, 0.6) is 0 Å². The number of carbonyl (C=O) groups is 1. The van der Waals surface area contributed by atoms with Gasteiger partial charge in [0.25, 0.3) is 5.91 Å². The highest BCUT2D eigenvalue weighted by molar-refractivity contribution is 5.94. The second-order valence-electron chi connectivity index (χ2n) is 7.82. The molecule has 160 valence electrons. The molecule has 1 aromatic heterocycles. The fourth-order valence-corrected chi connectivity index (χ4v) is 3.65. The molecule has 1 amide bonds. The molecule has 0 fully saturated rings. The Morgan fingerprint density at radius 3 is 1.72 bits per heavy atom. The molecule has 0 aliphatic carbocycles. The number of nitrogens with one attached hydrogen (secondary N) is 1. The summed E-state index contributed by atoms with van der Waals surface area (Å²) >= 11 is 0. The maximum atomic E-state index is 12.5. The lowest BCUT2D eigenvalue weighted by molar-refractivity contribution is 0.0950. The van der Waals surface area contributed by atoms with E-state index in [2.05, 4.69) is 63.7 Å². The summed E-state index contributed by atoms with van der Waals surface area (Å²) in [6.07, 6.45) is 1.73. The lowest BCUT2D eigenvalue weighted by Gasteiger charge is -2.23. The van der Waals surface area contributed by atoms with Crippen molar-refractivity contribution in [1.29, 1.82) is 0 Å². The Morgan fingerprint density at radius 2 is 1.19 bits per heavy atom. The topological polar surface area (TPSA) is 45.2 Å². The number of carbonyl (C=O) groups excluding carboxylic acids is 1. The van der Waals surface area contributed by atoms with E-state index in [0.29, 0.717) is 12.1 Å². The van der Waals surface area contributed by atoms with Gasteiger partial charge in [-0.25, -0.2) is 0 Å². The summed E-state index contributed by atoms with van der Waals surface area (Å²) < 4.78 is 0. The van der Waals surface area contributed by atoms with Crippen LogP contribution < -0.4 is 5.32 Å². The highest BCUT2D eigenvalue weighted by Crippen LogP contribution is 2.15. The number of pyridine rings is 1. The number of rotatable bonds is 9. The first-order chi connectivity index (χ1) is 15.8. The van der Waals surface area contributed by atoms with E-state index in [-0.39, 0.29) is 5.91 Å². The first-order valence-corrected chi connectivity index (χ1v) is 10.8. The van der Waals surface area contributed by atoms with E-state index in [1.54, 1.807) is 6.20 Å². The molecule has 0 bridgehead atoms. The fourth-order valence-electron chi connectivity index (χ4n) is 3.65. The predicted octanol–water partition coefficient (Wildman–Crippen LogP) is 5.21. The molecule has 0 atom stereocenters. The molecule has 4 rings (SSSR count). The quantitative estimate of drug-likeness (QED) is 0.403. The Kier molecular flexibility index (Phi) is 7.40. The van der Waals surface area contributed by atoms with Gasteiger partial charge in [-0.15, -0.1) is 0 Å². The van der Waals surface area contributed by atoms with Gasteiger partial charge < -0.3 is 5.32 Å². The van der Waals surface area contributed by atoms with Crippen LogP contribution in [0, 0.1) is 0 Å². The predicted molar refractivity (Wildman–Crippen MR) is 128 cm³/mol. The second kappa shape index (κ2) is 11.0. The third-order valence-electron chi connectivity index (χ3n) is 5.28. The molecule has 0 saturated carbocycles. The van der Waals surface area contributed by atoms with Gasteiger partial charge in [0.05, 0.1) is 12.2 Å². The van der Waals surface area contributed by atoms with E-state index in [4.69, 9.17) is 0 Å². The molecule has 32 heavy (non-hydrogen) atoms. The van der Waals surface area contributed by atoms with Gasteiger partial charge in [0, 0.05) is 31.4 Å². The largest absolute Gasteiger partial charge is 0.346 e. The molecular weight excluding hydrogens is 394 g/mol. The van der Waals surface area contributed by atoms with Gasteiger partial charge in [-0.3, -0.25) is 14.7 Å². The standard InChI is InChI=1S/C28H27N3O/c32-28(30-19-27-13-7-8-18-29-27)26-16-14-25(15-17-26)22-31(20-23-9-3-1-4-10-23)21-24-11-5-2-6-12-24/h1-18H,19-22H2,(H,30,32). The van der Waals surface area contributed by atoms with Crippen molar-refractivity contribution in [3.05, 3.63) is 137 Å². The van der Waals surface area contributed by atoms with E-state index in [1.807, 2.05) is 54.6 Å². The van der Waals surface area contributed by atoms with E-state index in [0.717, 1.165) is 25.3 Å². The van der Waals surface area contributed by atoms with Crippen LogP contribution in [0.4, 0.5) is 0 Å². The maximum Gasteiger partial charge on any atom is 0.251 e. The summed E-state index contributed by atoms with van der Waals surface area (Å²) in [6, 6.07) is 34.6. The summed E-state index contributed by atoms with van der Waals surface area (Å²) in [5, 5.41) is 2.93. The molecule has 0 unspecified atom stereocenters. The zero-order chi connectivity index (χ0) is 22.0. The van der Waals surface area contributed by atoms with Crippen LogP contribution in [0.2, 0.25) is 0 Å². The van der Waals surface area contributed by atoms with Crippen LogP contribution in [0.3, 0.4) is 0 Å². The Balaban J connectivity index is 1.40. The van der Waals surface area contributed by atoms with Crippen LogP contribution in [0.25, 0.3) is 0 Å². The van der Waals surface area contributed by atoms with Crippen LogP contribution in [0.1, 0.15) is 32.7 Å². The van der Waals surface area contributed by atoms with E-state index >= 15 is 0 Å². The minimum Gasteiger partial charge on any atom is -0.346 e. The van der Waals surface area contributed by atoms with Gasteiger partial charge >= 0.3 is 0 Å². The third kappa shape index (κ3) is 6.37. The summed E-state index contributed by atoms with van der Waals surface area (Å²) in [5.74, 6) is -0.0902. The van der Waals surface area contributed by atoms with Gasteiger partial charge in [0.2, 0.25) is 0 Å². The highest BCUT2D eigenvalue weighted by Gasteiger charge is 2.10. The molecule has 4 heteroatoms. The van der Waals surface area contributed by atoms with Crippen molar-refractivity contribution in [2.75, 3.05) is 0 Å². The van der Waals surface area contributed by atoms with E-state index in [1.165, 1.54) is 16.7 Å². The fraction of sp³-hybridized carbons (Fsp3) is 0.143. The van der Waals surface area contributed by atoms with Crippen LogP contribution in [-0.4, -0.2) is 15.8 Å². The summed E-state index contributed by atoms with van der Waals surface area (Å²) in [6.45, 7) is 2.95. The minimum absolute atomic E-state index is 0.0902. The van der Waals surface area contributed by atoms with Crippen molar-refractivity contribution in [2.45, 2.75) is 26.2 Å². The summed E-state index contributed by atoms with van der Waals surface area (Å²) in [7, 11) is 0. The zero-order valence-electron chi connectivity index (χ0n) is 18.0. The molecular formula is C28H27N3O. The smallest absolute Gasteiger partial charge is 0.251 e. The Labute approximate surface area is 189 Å². The van der Waals surface area contributed by atoms with E-state index in [9.17, 15) is 4.79 Å². The first-order valence-electron chi connectivity index (χ1n) is 10.8. The summed E-state index contributed by atoms with van der Waals surface area (Å²) in [5.41, 5.74) is 5.25. The van der Waals surface area contributed by atoms with Gasteiger partial charge in [-0.1, -0.05) is 78.9 Å². The Hall–Kier alpha value is -3.76. The number of hydrogen-bond acceptors (Lipinski definition) is 3. The van der Waals surface area contributed by atoms with Crippen molar-refractivity contribution in [3.8, 4) is 0 Å². The molecule has 1 heterocycles. The Morgan fingerprint density at radius 1 is 0.656 bits per heavy atom. The highest BCUT2D eigenvalue weighted by atomic mass is 16.1. The molecule has 0 aliphatic heterocycles. The van der Waals surface area contributed by atoms with E-state index < -0.39 is 0 Å². The number of benzene rings is 3. The van der Waals surface area contributed by atoms with Crippen molar-refractivity contribution in [2.24, 2.45) is 0 Å². The molecule has 3 aromatic carbocycles. The normalized spacial score (nSPS) is 10.8. The lowest BCUT2D eigenvalue weighted by Crippen LogP contribution is -2.24. The molecule has 1 N–H and O–H groups in total. The van der Waals surface area contributed by atoms with Crippen LogP contribution >= 0.6 is 0 Å². The van der Waals surface area contributed by atoms with Gasteiger partial charge in [-0.05, 0) is 41.0 Å². The van der Waals surface area contributed by atoms with Gasteiger partial charge in [0.1, 0.15) is 0 Å². The first kappa shape index (κ1) is 21.5.